The van der Waals surface area contributed by atoms with Crippen LogP contribution >= 0.6 is 0 Å². The molecule has 0 bridgehead atoms. The van der Waals surface area contributed by atoms with Gasteiger partial charge in [-0.1, -0.05) is 0 Å². The Bertz CT molecular complexity index is 409. The van der Waals surface area contributed by atoms with Gasteiger partial charge >= 0.3 is 0 Å². The third kappa shape index (κ3) is 3.00. The van der Waals surface area contributed by atoms with Crippen molar-refractivity contribution >= 4 is 0 Å². The zero-order valence-electron chi connectivity index (χ0n) is 11.1. The topological polar surface area (TPSA) is 21.7 Å². The minimum atomic E-state index is -0.245. The van der Waals surface area contributed by atoms with Crippen molar-refractivity contribution in [3.63, 3.8) is 0 Å². The van der Waals surface area contributed by atoms with Crippen LogP contribution in [-0.4, -0.2) is 38.8 Å². The van der Waals surface area contributed by atoms with E-state index in [1.807, 2.05) is 14.1 Å². The number of nitrogens with zero attached hydrogens (tertiary/aromatic N) is 1. The number of likely N-dealkylation sites (N-methyl/N-ethyl adjacent to an activating group) is 1. The smallest absolute Gasteiger partial charge is 0.124 e. The highest BCUT2D eigenvalue weighted by atomic mass is 19.1. The number of rotatable bonds is 4. The molecule has 3 nitrogen and oxygen atoms in total. The standard InChI is InChI=1S/C14H20FNO2/c1-16(2)9-11-5-7-14(18-11)12-8-10(15)4-6-13(12)17-3/h4,6,8,11,14H,5,7,9H2,1-3H3/t11-,14-/m1/s1. The molecule has 100 valence electrons. The number of halogens is 1. The summed E-state index contributed by atoms with van der Waals surface area (Å²) in [5.41, 5.74) is 0.818. The third-order valence-corrected chi connectivity index (χ3v) is 3.21. The maximum absolute atomic E-state index is 13.3. The molecule has 1 saturated heterocycles. The van der Waals surface area contributed by atoms with Crippen LogP contribution in [0.25, 0.3) is 0 Å². The first-order valence-corrected chi connectivity index (χ1v) is 6.23. The Balaban J connectivity index is 2.11. The van der Waals surface area contributed by atoms with E-state index in [9.17, 15) is 4.39 Å². The van der Waals surface area contributed by atoms with Crippen LogP contribution in [-0.2, 0) is 4.74 Å². The first-order chi connectivity index (χ1) is 8.60. The molecule has 0 N–H and O–H groups in total. The van der Waals surface area contributed by atoms with Gasteiger partial charge < -0.3 is 14.4 Å². The van der Waals surface area contributed by atoms with Gasteiger partial charge in [0.2, 0.25) is 0 Å². The minimum absolute atomic E-state index is 0.0550. The fourth-order valence-electron chi connectivity index (χ4n) is 2.43. The number of hydrogen-bond acceptors (Lipinski definition) is 3. The Morgan fingerprint density at radius 3 is 2.83 bits per heavy atom. The van der Waals surface area contributed by atoms with E-state index >= 15 is 0 Å². The lowest BCUT2D eigenvalue weighted by Gasteiger charge is -2.19. The first-order valence-electron chi connectivity index (χ1n) is 6.23. The summed E-state index contributed by atoms with van der Waals surface area (Å²) in [6.45, 7) is 0.897. The van der Waals surface area contributed by atoms with Gasteiger partial charge in [-0.05, 0) is 45.1 Å². The summed E-state index contributed by atoms with van der Waals surface area (Å²) < 4.78 is 24.6. The van der Waals surface area contributed by atoms with Crippen molar-refractivity contribution in [1.29, 1.82) is 0 Å². The van der Waals surface area contributed by atoms with Crippen LogP contribution < -0.4 is 4.74 Å². The predicted octanol–water partition coefficient (Wildman–Crippen LogP) is 2.62. The van der Waals surface area contributed by atoms with Gasteiger partial charge in [-0.2, -0.15) is 0 Å². The quantitative estimate of drug-likeness (QED) is 0.823. The van der Waals surface area contributed by atoms with Crippen molar-refractivity contribution < 1.29 is 13.9 Å². The number of ether oxygens (including phenoxy) is 2. The van der Waals surface area contributed by atoms with Crippen molar-refractivity contribution in [1.82, 2.24) is 4.90 Å². The molecular formula is C14H20FNO2. The maximum atomic E-state index is 13.3. The molecule has 0 amide bonds. The molecule has 1 aliphatic rings. The Labute approximate surface area is 107 Å². The van der Waals surface area contributed by atoms with Crippen LogP contribution in [0.3, 0.4) is 0 Å². The van der Waals surface area contributed by atoms with Crippen LogP contribution in [0, 0.1) is 5.82 Å². The van der Waals surface area contributed by atoms with Crippen molar-refractivity contribution in [2.75, 3.05) is 27.7 Å². The molecule has 1 aromatic rings. The van der Waals surface area contributed by atoms with E-state index in [0.717, 1.165) is 24.9 Å². The van der Waals surface area contributed by atoms with E-state index in [1.54, 1.807) is 13.2 Å². The largest absolute Gasteiger partial charge is 0.496 e. The summed E-state index contributed by atoms with van der Waals surface area (Å²) in [7, 11) is 5.65. The Hall–Kier alpha value is -1.13. The lowest BCUT2D eigenvalue weighted by molar-refractivity contribution is 0.0293. The average molecular weight is 253 g/mol. The van der Waals surface area contributed by atoms with E-state index in [2.05, 4.69) is 4.90 Å². The van der Waals surface area contributed by atoms with Gasteiger partial charge in [0.25, 0.3) is 0 Å². The van der Waals surface area contributed by atoms with E-state index in [0.29, 0.717) is 5.75 Å². The highest BCUT2D eigenvalue weighted by Gasteiger charge is 2.29. The molecule has 0 unspecified atom stereocenters. The van der Waals surface area contributed by atoms with Gasteiger partial charge in [-0.25, -0.2) is 4.39 Å². The monoisotopic (exact) mass is 253 g/mol. The van der Waals surface area contributed by atoms with Crippen LogP contribution in [0.15, 0.2) is 18.2 Å². The Morgan fingerprint density at radius 1 is 1.39 bits per heavy atom. The molecule has 1 aromatic carbocycles. The molecule has 0 aliphatic carbocycles. The SMILES string of the molecule is COc1ccc(F)cc1[C@H]1CC[C@H](CN(C)C)O1. The number of methoxy groups -OCH3 is 1. The molecule has 2 rings (SSSR count). The predicted molar refractivity (Wildman–Crippen MR) is 68.4 cm³/mol. The first kappa shape index (κ1) is 13.3. The molecule has 0 saturated carbocycles. The highest BCUT2D eigenvalue weighted by Crippen LogP contribution is 2.37. The van der Waals surface area contributed by atoms with Gasteiger partial charge in [0.15, 0.2) is 0 Å². The highest BCUT2D eigenvalue weighted by molar-refractivity contribution is 5.36. The minimum Gasteiger partial charge on any atom is -0.496 e. The molecular weight excluding hydrogens is 233 g/mol. The van der Waals surface area contributed by atoms with Crippen molar-refractivity contribution in [2.45, 2.75) is 25.0 Å². The molecule has 4 heteroatoms. The summed E-state index contributed by atoms with van der Waals surface area (Å²) in [5.74, 6) is 0.456. The Morgan fingerprint density at radius 2 is 2.17 bits per heavy atom. The van der Waals surface area contributed by atoms with Gasteiger partial charge in [0, 0.05) is 12.1 Å². The zero-order chi connectivity index (χ0) is 13.1. The molecule has 18 heavy (non-hydrogen) atoms. The van der Waals surface area contributed by atoms with Gasteiger partial charge in [0.1, 0.15) is 11.6 Å². The second kappa shape index (κ2) is 5.67. The lowest BCUT2D eigenvalue weighted by atomic mass is 10.0. The van der Waals surface area contributed by atoms with Crippen molar-refractivity contribution in [3.05, 3.63) is 29.6 Å². The normalized spacial score (nSPS) is 23.6. The van der Waals surface area contributed by atoms with Crippen LogP contribution in [0.1, 0.15) is 24.5 Å². The summed E-state index contributed by atoms with van der Waals surface area (Å²) in [5, 5.41) is 0. The zero-order valence-corrected chi connectivity index (χ0v) is 11.1. The van der Waals surface area contributed by atoms with Crippen LogP contribution in [0.2, 0.25) is 0 Å². The summed E-state index contributed by atoms with van der Waals surface area (Å²) >= 11 is 0. The molecule has 1 heterocycles. The summed E-state index contributed by atoms with van der Waals surface area (Å²) in [4.78, 5) is 2.11. The van der Waals surface area contributed by atoms with E-state index in [-0.39, 0.29) is 18.0 Å². The summed E-state index contributed by atoms with van der Waals surface area (Å²) in [6.07, 6.45) is 2.08. The number of benzene rings is 1. The van der Waals surface area contributed by atoms with E-state index < -0.39 is 0 Å². The molecule has 0 radical (unpaired) electrons. The third-order valence-electron chi connectivity index (χ3n) is 3.21. The van der Waals surface area contributed by atoms with Crippen LogP contribution in [0.5, 0.6) is 5.75 Å². The molecule has 0 aromatic heterocycles. The lowest BCUT2D eigenvalue weighted by Crippen LogP contribution is -2.25. The fourth-order valence-corrected chi connectivity index (χ4v) is 2.43. The molecule has 2 atom stereocenters. The maximum Gasteiger partial charge on any atom is 0.124 e. The van der Waals surface area contributed by atoms with Crippen molar-refractivity contribution in [2.24, 2.45) is 0 Å². The second-order valence-electron chi connectivity index (χ2n) is 4.97. The van der Waals surface area contributed by atoms with Gasteiger partial charge in [0.05, 0.1) is 19.3 Å². The molecule has 0 spiro atoms. The number of hydrogen-bond donors (Lipinski definition) is 0. The van der Waals surface area contributed by atoms with E-state index in [4.69, 9.17) is 9.47 Å². The second-order valence-corrected chi connectivity index (χ2v) is 4.97. The molecule has 1 fully saturated rings. The summed E-state index contributed by atoms with van der Waals surface area (Å²) in [6, 6.07) is 4.59. The van der Waals surface area contributed by atoms with Crippen molar-refractivity contribution in [3.8, 4) is 5.75 Å². The average Bonchev–Trinajstić information content (AvgIpc) is 2.76. The van der Waals surface area contributed by atoms with Gasteiger partial charge in [-0.15, -0.1) is 0 Å². The van der Waals surface area contributed by atoms with Crippen LogP contribution in [0.4, 0.5) is 4.39 Å². The van der Waals surface area contributed by atoms with E-state index in [1.165, 1.54) is 12.1 Å². The Kier molecular flexibility index (Phi) is 4.19. The molecule has 1 aliphatic heterocycles. The van der Waals surface area contributed by atoms with Gasteiger partial charge in [-0.3, -0.25) is 0 Å². The fraction of sp³-hybridized carbons (Fsp3) is 0.571.